The largest absolute Gasteiger partial charge is 0.478 e. The highest BCUT2D eigenvalue weighted by molar-refractivity contribution is 7.99. The Balaban J connectivity index is 1.94. The van der Waals surface area contributed by atoms with E-state index in [1.807, 2.05) is 17.8 Å². The fourth-order valence-corrected chi connectivity index (χ4v) is 3.58. The number of carboxylic acids is 1. The molecule has 1 aliphatic rings. The van der Waals surface area contributed by atoms with E-state index in [-0.39, 0.29) is 0 Å². The topological polar surface area (TPSA) is 49.3 Å². The number of thioether (sulfide) groups is 1. The highest BCUT2D eigenvalue weighted by Gasteiger charge is 2.24. The molecule has 0 spiro atoms. The first-order valence-corrected chi connectivity index (χ1v) is 7.45. The first-order chi connectivity index (χ1) is 8.69. The molecule has 2 unspecified atom stereocenters. The molecule has 1 fully saturated rings. The molecular formula is C14H19NO2S. The molecule has 0 aromatic heterocycles. The number of aromatic carboxylic acids is 1. The number of nitrogens with one attached hydrogen (secondary N) is 1. The predicted octanol–water partition coefficient (Wildman–Crippen LogP) is 3.47. The van der Waals surface area contributed by atoms with Gasteiger partial charge in [-0.05, 0) is 43.2 Å². The van der Waals surface area contributed by atoms with Gasteiger partial charge in [-0.25, -0.2) is 4.79 Å². The van der Waals surface area contributed by atoms with Crippen LogP contribution in [0.5, 0.6) is 0 Å². The van der Waals surface area contributed by atoms with Crippen molar-refractivity contribution in [3.05, 3.63) is 29.8 Å². The molecule has 0 bridgehead atoms. The van der Waals surface area contributed by atoms with Gasteiger partial charge in [0.15, 0.2) is 0 Å². The normalized spacial score (nSPS) is 22.9. The van der Waals surface area contributed by atoms with Crippen LogP contribution in [0.3, 0.4) is 0 Å². The Bertz CT molecular complexity index is 422. The van der Waals surface area contributed by atoms with Crippen LogP contribution >= 0.6 is 11.8 Å². The molecule has 98 valence electrons. The predicted molar refractivity (Wildman–Crippen MR) is 76.6 cm³/mol. The maximum atomic E-state index is 10.9. The van der Waals surface area contributed by atoms with Crippen LogP contribution in [0.4, 0.5) is 5.69 Å². The van der Waals surface area contributed by atoms with Crippen molar-refractivity contribution in [2.45, 2.75) is 37.5 Å². The number of benzene rings is 1. The van der Waals surface area contributed by atoms with Gasteiger partial charge in [0.2, 0.25) is 0 Å². The molecule has 0 aliphatic heterocycles. The van der Waals surface area contributed by atoms with Gasteiger partial charge < -0.3 is 10.4 Å². The molecule has 1 aromatic carbocycles. The molecule has 2 N–H and O–H groups in total. The van der Waals surface area contributed by atoms with Gasteiger partial charge in [0, 0.05) is 17.0 Å². The van der Waals surface area contributed by atoms with Crippen LogP contribution < -0.4 is 5.32 Å². The quantitative estimate of drug-likeness (QED) is 0.856. The Morgan fingerprint density at radius 3 is 3.06 bits per heavy atom. The Morgan fingerprint density at radius 2 is 2.33 bits per heavy atom. The van der Waals surface area contributed by atoms with E-state index in [2.05, 4.69) is 12.2 Å². The van der Waals surface area contributed by atoms with Crippen LogP contribution in [-0.4, -0.2) is 28.1 Å². The molecule has 1 aliphatic carbocycles. The first kappa shape index (κ1) is 13.3. The molecule has 0 heterocycles. The summed E-state index contributed by atoms with van der Waals surface area (Å²) in [6.45, 7) is 2.20. The summed E-state index contributed by atoms with van der Waals surface area (Å²) in [6.07, 6.45) is 3.61. The van der Waals surface area contributed by atoms with Crippen molar-refractivity contribution in [1.29, 1.82) is 0 Å². The van der Waals surface area contributed by atoms with Crippen LogP contribution in [-0.2, 0) is 0 Å². The number of rotatable bonds is 5. The number of carboxylic acid groups (broad SMARTS) is 1. The van der Waals surface area contributed by atoms with Crippen LogP contribution in [0.2, 0.25) is 0 Å². The van der Waals surface area contributed by atoms with E-state index in [1.165, 1.54) is 25.0 Å². The van der Waals surface area contributed by atoms with Gasteiger partial charge >= 0.3 is 5.97 Å². The second kappa shape index (κ2) is 6.14. The van der Waals surface area contributed by atoms with Gasteiger partial charge in [0.1, 0.15) is 0 Å². The lowest BCUT2D eigenvalue weighted by Gasteiger charge is -2.14. The van der Waals surface area contributed by atoms with E-state index < -0.39 is 5.97 Å². The molecule has 2 atom stereocenters. The van der Waals surface area contributed by atoms with Crippen molar-refractivity contribution in [3.8, 4) is 0 Å². The molecule has 18 heavy (non-hydrogen) atoms. The number of hydrogen-bond donors (Lipinski definition) is 2. The van der Waals surface area contributed by atoms with Crippen LogP contribution in [0.25, 0.3) is 0 Å². The standard InChI is InChI=1S/C14H19NO2S/c1-2-18-13-7-6-12(9-13)15-11-5-3-4-10(8-11)14(16)17/h3-5,8,12-13,15H,2,6-7,9H2,1H3,(H,16,17). The highest BCUT2D eigenvalue weighted by Crippen LogP contribution is 2.31. The summed E-state index contributed by atoms with van der Waals surface area (Å²) in [6, 6.07) is 7.55. The Hall–Kier alpha value is -1.16. The van der Waals surface area contributed by atoms with Gasteiger partial charge in [-0.1, -0.05) is 13.0 Å². The molecular weight excluding hydrogens is 246 g/mol. The third-order valence-electron chi connectivity index (χ3n) is 3.27. The lowest BCUT2D eigenvalue weighted by atomic mass is 10.1. The van der Waals surface area contributed by atoms with Gasteiger partial charge in [0.05, 0.1) is 5.56 Å². The van der Waals surface area contributed by atoms with Gasteiger partial charge in [-0.15, -0.1) is 0 Å². The van der Waals surface area contributed by atoms with Crippen molar-refractivity contribution in [2.75, 3.05) is 11.1 Å². The first-order valence-electron chi connectivity index (χ1n) is 6.40. The molecule has 2 rings (SSSR count). The average Bonchev–Trinajstić information content (AvgIpc) is 2.77. The molecule has 0 radical (unpaired) electrons. The minimum Gasteiger partial charge on any atom is -0.478 e. The summed E-state index contributed by atoms with van der Waals surface area (Å²) in [7, 11) is 0. The molecule has 1 aromatic rings. The molecule has 4 heteroatoms. The van der Waals surface area contributed by atoms with E-state index >= 15 is 0 Å². The second-order valence-corrected chi connectivity index (χ2v) is 6.19. The molecule has 3 nitrogen and oxygen atoms in total. The SMILES string of the molecule is CCSC1CCC(Nc2cccc(C(=O)O)c2)C1. The average molecular weight is 265 g/mol. The third-order valence-corrected chi connectivity index (χ3v) is 4.50. The zero-order chi connectivity index (χ0) is 13.0. The fraction of sp³-hybridized carbons (Fsp3) is 0.500. The van der Waals surface area contributed by atoms with Crippen molar-refractivity contribution in [3.63, 3.8) is 0 Å². The fourth-order valence-electron chi connectivity index (χ4n) is 2.44. The second-order valence-electron chi connectivity index (χ2n) is 4.62. The zero-order valence-electron chi connectivity index (χ0n) is 10.6. The Labute approximate surface area is 112 Å². The van der Waals surface area contributed by atoms with E-state index in [0.717, 1.165) is 10.9 Å². The molecule has 0 saturated heterocycles. The van der Waals surface area contributed by atoms with E-state index in [4.69, 9.17) is 5.11 Å². The van der Waals surface area contributed by atoms with Gasteiger partial charge in [0.25, 0.3) is 0 Å². The lowest BCUT2D eigenvalue weighted by Crippen LogP contribution is -2.16. The van der Waals surface area contributed by atoms with E-state index in [0.29, 0.717) is 11.6 Å². The Kier molecular flexibility index (Phi) is 4.53. The number of hydrogen-bond acceptors (Lipinski definition) is 3. The number of carbonyl (C=O) groups is 1. The smallest absolute Gasteiger partial charge is 0.335 e. The van der Waals surface area contributed by atoms with Gasteiger partial charge in [-0.3, -0.25) is 0 Å². The van der Waals surface area contributed by atoms with Crippen molar-refractivity contribution in [2.24, 2.45) is 0 Å². The summed E-state index contributed by atoms with van der Waals surface area (Å²) >= 11 is 2.03. The Morgan fingerprint density at radius 1 is 1.50 bits per heavy atom. The van der Waals surface area contributed by atoms with Crippen LogP contribution in [0.15, 0.2) is 24.3 Å². The summed E-state index contributed by atoms with van der Waals surface area (Å²) in [4.78, 5) is 10.9. The summed E-state index contributed by atoms with van der Waals surface area (Å²) in [5.74, 6) is 0.302. The third kappa shape index (κ3) is 3.42. The summed E-state index contributed by atoms with van der Waals surface area (Å²) in [5, 5.41) is 13.2. The summed E-state index contributed by atoms with van der Waals surface area (Å²) < 4.78 is 0. The van der Waals surface area contributed by atoms with Crippen LogP contribution in [0, 0.1) is 0 Å². The summed E-state index contributed by atoms with van der Waals surface area (Å²) in [5.41, 5.74) is 1.26. The lowest BCUT2D eigenvalue weighted by molar-refractivity contribution is 0.0697. The van der Waals surface area contributed by atoms with Gasteiger partial charge in [-0.2, -0.15) is 11.8 Å². The molecule has 1 saturated carbocycles. The minimum atomic E-state index is -0.871. The van der Waals surface area contributed by atoms with Crippen molar-refractivity contribution in [1.82, 2.24) is 0 Å². The van der Waals surface area contributed by atoms with E-state index in [1.54, 1.807) is 18.2 Å². The number of anilines is 1. The monoisotopic (exact) mass is 265 g/mol. The highest BCUT2D eigenvalue weighted by atomic mass is 32.2. The minimum absolute atomic E-state index is 0.345. The maximum absolute atomic E-state index is 10.9. The van der Waals surface area contributed by atoms with Crippen LogP contribution in [0.1, 0.15) is 36.5 Å². The maximum Gasteiger partial charge on any atom is 0.335 e. The van der Waals surface area contributed by atoms with E-state index in [9.17, 15) is 4.79 Å². The zero-order valence-corrected chi connectivity index (χ0v) is 11.4. The van der Waals surface area contributed by atoms with Crippen molar-refractivity contribution >= 4 is 23.4 Å². The van der Waals surface area contributed by atoms with Crippen molar-refractivity contribution < 1.29 is 9.90 Å². The molecule has 0 amide bonds.